The molecule has 1 aromatic carbocycles. The average Bonchev–Trinajstić information content (AvgIpc) is 2.65. The summed E-state index contributed by atoms with van der Waals surface area (Å²) in [4.78, 5) is 15.7. The van der Waals surface area contributed by atoms with Crippen molar-refractivity contribution in [3.63, 3.8) is 0 Å². The Morgan fingerprint density at radius 1 is 1.33 bits per heavy atom. The number of anilines is 1. The van der Waals surface area contributed by atoms with Gasteiger partial charge in [-0.05, 0) is 18.1 Å². The zero-order valence-electron chi connectivity index (χ0n) is 9.91. The fourth-order valence-electron chi connectivity index (χ4n) is 1.56. The lowest BCUT2D eigenvalue weighted by atomic mass is 10.1. The molecule has 1 unspecified atom stereocenters. The molecule has 1 aromatic rings. The van der Waals surface area contributed by atoms with Crippen molar-refractivity contribution in [2.24, 2.45) is 10.9 Å². The molecule has 1 aliphatic heterocycles. The van der Waals surface area contributed by atoms with E-state index in [1.54, 1.807) is 18.2 Å². The Bertz CT molecular complexity index is 497. The number of nitrogens with zero attached hydrogens (tertiary/aromatic N) is 1. The van der Waals surface area contributed by atoms with Crippen molar-refractivity contribution in [3.8, 4) is 0 Å². The standard InChI is InChI=1S/C12H12Cl2N2OS/c1-6(2)10-11(17)16-12(18-10)15-9-7(13)4-3-5-8(9)14/h3-6,10H,1-2H3,(H,15,16,17). The highest BCUT2D eigenvalue weighted by molar-refractivity contribution is 8.15. The summed E-state index contributed by atoms with van der Waals surface area (Å²) in [5.41, 5.74) is 0.587. The van der Waals surface area contributed by atoms with E-state index in [4.69, 9.17) is 23.2 Å². The molecule has 0 bridgehead atoms. The number of carbonyl (C=O) groups excluding carboxylic acids is 1. The van der Waals surface area contributed by atoms with Crippen LogP contribution in [-0.2, 0) is 4.79 Å². The van der Waals surface area contributed by atoms with Crippen molar-refractivity contribution < 1.29 is 4.79 Å². The summed E-state index contributed by atoms with van der Waals surface area (Å²) in [6.45, 7) is 3.99. The lowest BCUT2D eigenvalue weighted by molar-refractivity contribution is -0.117. The molecule has 1 atom stereocenters. The van der Waals surface area contributed by atoms with Gasteiger partial charge in [-0.1, -0.05) is 54.9 Å². The van der Waals surface area contributed by atoms with E-state index in [1.807, 2.05) is 13.8 Å². The first-order chi connectivity index (χ1) is 8.49. The van der Waals surface area contributed by atoms with Gasteiger partial charge in [-0.15, -0.1) is 0 Å². The number of aliphatic imine (C=N–C) groups is 1. The van der Waals surface area contributed by atoms with Crippen LogP contribution in [-0.4, -0.2) is 16.3 Å². The third-order valence-corrected chi connectivity index (χ3v) is 4.54. The van der Waals surface area contributed by atoms with E-state index in [9.17, 15) is 4.79 Å². The zero-order chi connectivity index (χ0) is 13.3. The maximum atomic E-state index is 11.7. The molecule has 0 spiro atoms. The van der Waals surface area contributed by atoms with Crippen LogP contribution in [0.25, 0.3) is 0 Å². The van der Waals surface area contributed by atoms with Crippen LogP contribution in [0.5, 0.6) is 0 Å². The Morgan fingerprint density at radius 3 is 2.44 bits per heavy atom. The molecule has 0 fully saturated rings. The van der Waals surface area contributed by atoms with Gasteiger partial charge < -0.3 is 5.32 Å². The predicted octanol–water partition coefficient (Wildman–Crippen LogP) is 4.06. The van der Waals surface area contributed by atoms with E-state index in [2.05, 4.69) is 10.3 Å². The molecule has 2 rings (SSSR count). The molecule has 1 aliphatic rings. The molecule has 1 amide bonds. The molecule has 0 aliphatic carbocycles. The third-order valence-electron chi connectivity index (χ3n) is 2.49. The fraction of sp³-hybridized carbons (Fsp3) is 0.333. The van der Waals surface area contributed by atoms with Gasteiger partial charge >= 0.3 is 0 Å². The normalized spacial score (nSPS) is 19.3. The van der Waals surface area contributed by atoms with Crippen molar-refractivity contribution in [1.82, 2.24) is 0 Å². The van der Waals surface area contributed by atoms with Gasteiger partial charge in [-0.3, -0.25) is 4.79 Å². The topological polar surface area (TPSA) is 41.5 Å². The monoisotopic (exact) mass is 302 g/mol. The van der Waals surface area contributed by atoms with Gasteiger partial charge in [-0.2, -0.15) is 4.99 Å². The van der Waals surface area contributed by atoms with Crippen molar-refractivity contribution in [1.29, 1.82) is 0 Å². The Morgan fingerprint density at radius 2 is 1.94 bits per heavy atom. The van der Waals surface area contributed by atoms with E-state index in [-0.39, 0.29) is 17.1 Å². The Kier molecular flexibility index (Phi) is 4.20. The van der Waals surface area contributed by atoms with Crippen LogP contribution in [0.15, 0.2) is 23.2 Å². The maximum Gasteiger partial charge on any atom is 0.261 e. The number of rotatable bonds is 2. The number of halogens is 2. The molecule has 96 valence electrons. The number of hydrogen-bond donors (Lipinski definition) is 1. The van der Waals surface area contributed by atoms with Crippen LogP contribution >= 0.6 is 35.0 Å². The molecule has 0 saturated carbocycles. The van der Waals surface area contributed by atoms with Crippen LogP contribution in [0.3, 0.4) is 0 Å². The third kappa shape index (κ3) is 2.82. The first-order valence-electron chi connectivity index (χ1n) is 5.49. The quantitative estimate of drug-likeness (QED) is 0.896. The second-order valence-corrected chi connectivity index (χ2v) is 6.20. The SMILES string of the molecule is CC(C)C1SC(Nc2c(Cl)cccc2Cl)=NC1=O. The molecule has 1 heterocycles. The number of nitrogens with one attached hydrogen (secondary N) is 1. The fourth-order valence-corrected chi connectivity index (χ4v) is 3.03. The number of para-hydroxylation sites is 1. The van der Waals surface area contributed by atoms with Crippen LogP contribution < -0.4 is 5.32 Å². The summed E-state index contributed by atoms with van der Waals surface area (Å²) in [5.74, 6) is 0.132. The first kappa shape index (κ1) is 13.7. The van der Waals surface area contributed by atoms with Gasteiger partial charge in [0.1, 0.15) is 0 Å². The summed E-state index contributed by atoms with van der Waals surface area (Å²) in [5, 5.41) is 4.45. The summed E-state index contributed by atoms with van der Waals surface area (Å²) in [6.07, 6.45) is 0. The average molecular weight is 303 g/mol. The predicted molar refractivity (Wildman–Crippen MR) is 78.7 cm³/mol. The van der Waals surface area contributed by atoms with Gasteiger partial charge in [0.05, 0.1) is 21.0 Å². The van der Waals surface area contributed by atoms with E-state index in [0.29, 0.717) is 20.9 Å². The minimum Gasteiger partial charge on any atom is -0.332 e. The second-order valence-electron chi connectivity index (χ2n) is 4.26. The lowest BCUT2D eigenvalue weighted by Crippen LogP contribution is -2.17. The van der Waals surface area contributed by atoms with Crippen LogP contribution in [0, 0.1) is 5.92 Å². The second kappa shape index (κ2) is 5.51. The van der Waals surface area contributed by atoms with E-state index < -0.39 is 0 Å². The summed E-state index contributed by atoms with van der Waals surface area (Å²) in [6, 6.07) is 5.23. The highest BCUT2D eigenvalue weighted by atomic mass is 35.5. The number of amidine groups is 1. The van der Waals surface area contributed by atoms with Gasteiger partial charge in [-0.25, -0.2) is 0 Å². The molecular weight excluding hydrogens is 291 g/mol. The number of hydrogen-bond acceptors (Lipinski definition) is 3. The van der Waals surface area contributed by atoms with Crippen molar-refractivity contribution in [3.05, 3.63) is 28.2 Å². The lowest BCUT2D eigenvalue weighted by Gasteiger charge is -2.12. The molecule has 6 heteroatoms. The van der Waals surface area contributed by atoms with E-state index in [1.165, 1.54) is 11.8 Å². The van der Waals surface area contributed by atoms with Crippen molar-refractivity contribution in [2.75, 3.05) is 5.32 Å². The maximum absolute atomic E-state index is 11.7. The highest BCUT2D eigenvalue weighted by Crippen LogP contribution is 2.34. The molecular formula is C12H12Cl2N2OS. The van der Waals surface area contributed by atoms with Crippen LogP contribution in [0.2, 0.25) is 10.0 Å². The Labute approximate surface area is 120 Å². The highest BCUT2D eigenvalue weighted by Gasteiger charge is 2.31. The summed E-state index contributed by atoms with van der Waals surface area (Å²) in [7, 11) is 0. The van der Waals surface area contributed by atoms with Gasteiger partial charge in [0, 0.05) is 0 Å². The molecule has 18 heavy (non-hydrogen) atoms. The number of amides is 1. The van der Waals surface area contributed by atoms with Crippen LogP contribution in [0.4, 0.5) is 5.69 Å². The van der Waals surface area contributed by atoms with E-state index >= 15 is 0 Å². The Balaban J connectivity index is 2.17. The Hall–Kier alpha value is -0.710. The molecule has 1 N–H and O–H groups in total. The minimum atomic E-state index is -0.131. The largest absolute Gasteiger partial charge is 0.332 e. The smallest absolute Gasteiger partial charge is 0.261 e. The molecule has 0 aromatic heterocycles. The number of benzene rings is 1. The summed E-state index contributed by atoms with van der Waals surface area (Å²) >= 11 is 13.5. The number of carbonyl (C=O) groups is 1. The van der Waals surface area contributed by atoms with Crippen molar-refractivity contribution >= 4 is 51.7 Å². The van der Waals surface area contributed by atoms with Gasteiger partial charge in [0.25, 0.3) is 5.91 Å². The van der Waals surface area contributed by atoms with Crippen LogP contribution in [0.1, 0.15) is 13.8 Å². The number of thioether (sulfide) groups is 1. The van der Waals surface area contributed by atoms with Gasteiger partial charge in [0.2, 0.25) is 0 Å². The molecule has 3 nitrogen and oxygen atoms in total. The van der Waals surface area contributed by atoms with Gasteiger partial charge in [0.15, 0.2) is 5.17 Å². The molecule has 0 radical (unpaired) electrons. The molecule has 0 saturated heterocycles. The zero-order valence-corrected chi connectivity index (χ0v) is 12.2. The first-order valence-corrected chi connectivity index (χ1v) is 7.13. The summed E-state index contributed by atoms with van der Waals surface area (Å²) < 4.78 is 0. The van der Waals surface area contributed by atoms with E-state index in [0.717, 1.165) is 0 Å². The van der Waals surface area contributed by atoms with Crippen molar-refractivity contribution in [2.45, 2.75) is 19.1 Å². The minimum absolute atomic E-state index is 0.110.